The molecule has 2 heterocycles. The standard InChI is InChI=1S/C44H28N2O/c45-29-23-38(32-19-9-13-27-11-1-3-15-30(27)32)44(39(24-29)33-20-10-14-28-12-2-4-16-31(28)33)46-40-21-7-5-17-34(40)36-25-37-35-18-6-8-22-42(35)47-43(37)26-41(36)46/h1-26H,45H2. The summed E-state index contributed by atoms with van der Waals surface area (Å²) in [5.74, 6) is 0. The number of nitrogens with two attached hydrogens (primary N) is 1. The Kier molecular flexibility index (Phi) is 5.43. The van der Waals surface area contributed by atoms with Crippen molar-refractivity contribution in [1.29, 1.82) is 0 Å². The summed E-state index contributed by atoms with van der Waals surface area (Å²) in [4.78, 5) is 0. The minimum absolute atomic E-state index is 0.722. The van der Waals surface area contributed by atoms with Gasteiger partial charge in [-0.3, -0.25) is 0 Å². The molecule has 2 aromatic heterocycles. The van der Waals surface area contributed by atoms with Gasteiger partial charge in [0.25, 0.3) is 0 Å². The Morgan fingerprint density at radius 2 is 0.936 bits per heavy atom. The van der Waals surface area contributed by atoms with Crippen molar-refractivity contribution in [3.63, 3.8) is 0 Å². The highest BCUT2D eigenvalue weighted by atomic mass is 16.3. The smallest absolute Gasteiger partial charge is 0.137 e. The average Bonchev–Trinajstić information content (AvgIpc) is 3.64. The maximum Gasteiger partial charge on any atom is 0.137 e. The molecule has 0 radical (unpaired) electrons. The van der Waals surface area contributed by atoms with Crippen molar-refractivity contribution in [1.82, 2.24) is 4.57 Å². The third-order valence-corrected chi connectivity index (χ3v) is 9.69. The van der Waals surface area contributed by atoms with E-state index >= 15 is 0 Å². The molecule has 0 bridgehead atoms. The van der Waals surface area contributed by atoms with E-state index in [9.17, 15) is 0 Å². The van der Waals surface area contributed by atoms with Crippen LogP contribution in [0.2, 0.25) is 0 Å². The fourth-order valence-electron chi connectivity index (χ4n) is 7.66. The van der Waals surface area contributed by atoms with Gasteiger partial charge in [0.05, 0.1) is 16.7 Å². The van der Waals surface area contributed by atoms with Gasteiger partial charge in [-0.15, -0.1) is 0 Å². The molecular weight excluding hydrogens is 572 g/mol. The van der Waals surface area contributed by atoms with Gasteiger partial charge in [-0.25, -0.2) is 0 Å². The lowest BCUT2D eigenvalue weighted by Crippen LogP contribution is -2.03. The maximum atomic E-state index is 6.86. The van der Waals surface area contributed by atoms with E-state index in [1.54, 1.807) is 0 Å². The summed E-state index contributed by atoms with van der Waals surface area (Å²) in [6.45, 7) is 0. The zero-order valence-electron chi connectivity index (χ0n) is 25.4. The number of nitrogens with zero attached hydrogens (tertiary/aromatic N) is 1. The molecule has 0 aliphatic heterocycles. The molecule has 0 fully saturated rings. The molecule has 0 saturated carbocycles. The number of nitrogen functional groups attached to an aromatic ring is 1. The first-order chi connectivity index (χ1) is 23.2. The van der Waals surface area contributed by atoms with Gasteiger partial charge in [0, 0.05) is 44.4 Å². The molecule has 0 spiro atoms. The fraction of sp³-hybridized carbons (Fsp3) is 0. The predicted octanol–water partition coefficient (Wildman–Crippen LogP) is 11.9. The Hall–Kier alpha value is -6.32. The number of fused-ring (bicyclic) bond motifs is 8. The van der Waals surface area contributed by atoms with Crippen LogP contribution in [0.1, 0.15) is 0 Å². The van der Waals surface area contributed by atoms with Gasteiger partial charge < -0.3 is 14.7 Å². The summed E-state index contributed by atoms with van der Waals surface area (Å²) in [7, 11) is 0. The third kappa shape index (κ3) is 3.81. The Labute approximate surface area is 270 Å². The molecule has 2 N–H and O–H groups in total. The molecule has 10 aromatic rings. The van der Waals surface area contributed by atoms with Gasteiger partial charge >= 0.3 is 0 Å². The van der Waals surface area contributed by atoms with Crippen molar-refractivity contribution >= 4 is 71.0 Å². The van der Waals surface area contributed by atoms with Crippen LogP contribution in [0.4, 0.5) is 5.69 Å². The molecule has 0 amide bonds. The number of para-hydroxylation sites is 2. The van der Waals surface area contributed by atoms with Crippen LogP contribution >= 0.6 is 0 Å². The van der Waals surface area contributed by atoms with E-state index in [1.165, 1.54) is 32.3 Å². The van der Waals surface area contributed by atoms with Gasteiger partial charge in [0.15, 0.2) is 0 Å². The van der Waals surface area contributed by atoms with E-state index in [2.05, 4.69) is 150 Å². The van der Waals surface area contributed by atoms with E-state index in [1.807, 2.05) is 12.1 Å². The maximum absolute atomic E-state index is 6.86. The summed E-state index contributed by atoms with van der Waals surface area (Å²) in [5.41, 5.74) is 17.1. The second kappa shape index (κ2) is 9.84. The highest BCUT2D eigenvalue weighted by Crippen LogP contribution is 2.46. The van der Waals surface area contributed by atoms with E-state index in [-0.39, 0.29) is 0 Å². The Morgan fingerprint density at radius 3 is 1.62 bits per heavy atom. The van der Waals surface area contributed by atoms with Crippen LogP contribution in [0.25, 0.3) is 93.2 Å². The lowest BCUT2D eigenvalue weighted by molar-refractivity contribution is 0.669. The van der Waals surface area contributed by atoms with Gasteiger partial charge in [-0.2, -0.15) is 0 Å². The number of hydrogen-bond donors (Lipinski definition) is 1. The van der Waals surface area contributed by atoms with Crippen LogP contribution in [0.15, 0.2) is 162 Å². The van der Waals surface area contributed by atoms with Crippen LogP contribution in [0.3, 0.4) is 0 Å². The SMILES string of the molecule is Nc1cc(-c2cccc3ccccc23)c(-n2c3ccccc3c3cc4c(cc32)oc2ccccc24)c(-c2cccc3ccccc23)c1. The van der Waals surface area contributed by atoms with Crippen LogP contribution in [-0.4, -0.2) is 4.57 Å². The van der Waals surface area contributed by atoms with E-state index in [0.717, 1.165) is 66.6 Å². The molecule has 47 heavy (non-hydrogen) atoms. The lowest BCUT2D eigenvalue weighted by Gasteiger charge is -2.22. The number of aromatic nitrogens is 1. The quantitative estimate of drug-likeness (QED) is 0.205. The Bertz CT molecular complexity index is 2760. The minimum atomic E-state index is 0.722. The summed E-state index contributed by atoms with van der Waals surface area (Å²) in [6.07, 6.45) is 0. The summed E-state index contributed by atoms with van der Waals surface area (Å²) in [6, 6.07) is 56.1. The normalized spacial score (nSPS) is 11.9. The number of benzene rings is 8. The second-order valence-electron chi connectivity index (χ2n) is 12.3. The summed E-state index contributed by atoms with van der Waals surface area (Å²) >= 11 is 0. The molecule has 0 aliphatic rings. The molecule has 0 unspecified atom stereocenters. The predicted molar refractivity (Wildman–Crippen MR) is 198 cm³/mol. The molecular formula is C44H28N2O. The van der Waals surface area contributed by atoms with E-state index in [0.29, 0.717) is 0 Å². The summed E-state index contributed by atoms with van der Waals surface area (Å²) in [5, 5.41) is 9.38. The molecule has 0 aliphatic carbocycles. The summed E-state index contributed by atoms with van der Waals surface area (Å²) < 4.78 is 8.91. The molecule has 0 saturated heterocycles. The second-order valence-corrected chi connectivity index (χ2v) is 12.3. The number of hydrogen-bond acceptors (Lipinski definition) is 2. The number of rotatable bonds is 3. The fourth-order valence-corrected chi connectivity index (χ4v) is 7.66. The van der Waals surface area contributed by atoms with Crippen molar-refractivity contribution in [2.24, 2.45) is 0 Å². The van der Waals surface area contributed by atoms with Crippen LogP contribution in [0, 0.1) is 0 Å². The Morgan fingerprint density at radius 1 is 0.383 bits per heavy atom. The van der Waals surface area contributed by atoms with Crippen molar-refractivity contribution in [2.75, 3.05) is 5.73 Å². The first-order valence-corrected chi connectivity index (χ1v) is 16.0. The van der Waals surface area contributed by atoms with Gasteiger partial charge in [-0.05, 0) is 63.0 Å². The van der Waals surface area contributed by atoms with Gasteiger partial charge in [0.1, 0.15) is 11.2 Å². The molecule has 10 rings (SSSR count). The highest BCUT2D eigenvalue weighted by Gasteiger charge is 2.23. The van der Waals surface area contributed by atoms with Crippen molar-refractivity contribution in [3.8, 4) is 27.9 Å². The topological polar surface area (TPSA) is 44.1 Å². The van der Waals surface area contributed by atoms with Crippen molar-refractivity contribution in [3.05, 3.63) is 158 Å². The monoisotopic (exact) mass is 600 g/mol. The average molecular weight is 601 g/mol. The zero-order valence-corrected chi connectivity index (χ0v) is 25.4. The molecule has 3 nitrogen and oxygen atoms in total. The molecule has 8 aromatic carbocycles. The molecule has 3 heteroatoms. The van der Waals surface area contributed by atoms with E-state index in [4.69, 9.17) is 10.2 Å². The van der Waals surface area contributed by atoms with Crippen molar-refractivity contribution < 1.29 is 4.42 Å². The third-order valence-electron chi connectivity index (χ3n) is 9.69. The van der Waals surface area contributed by atoms with Crippen LogP contribution in [-0.2, 0) is 0 Å². The molecule has 0 atom stereocenters. The first-order valence-electron chi connectivity index (χ1n) is 16.0. The van der Waals surface area contributed by atoms with Crippen LogP contribution in [0.5, 0.6) is 0 Å². The Balaban J connectivity index is 1.42. The minimum Gasteiger partial charge on any atom is -0.456 e. The number of anilines is 1. The van der Waals surface area contributed by atoms with Crippen LogP contribution < -0.4 is 5.73 Å². The first kappa shape index (κ1) is 26.0. The van der Waals surface area contributed by atoms with Gasteiger partial charge in [0.2, 0.25) is 0 Å². The van der Waals surface area contributed by atoms with E-state index < -0.39 is 0 Å². The molecule has 220 valence electrons. The highest BCUT2D eigenvalue weighted by molar-refractivity contribution is 6.18. The largest absolute Gasteiger partial charge is 0.456 e. The lowest BCUT2D eigenvalue weighted by atomic mass is 9.90. The zero-order chi connectivity index (χ0) is 31.1. The van der Waals surface area contributed by atoms with Crippen molar-refractivity contribution in [2.45, 2.75) is 0 Å². The number of furan rings is 1. The van der Waals surface area contributed by atoms with Gasteiger partial charge in [-0.1, -0.05) is 121 Å².